The van der Waals surface area contributed by atoms with E-state index in [-0.39, 0.29) is 29.0 Å². The fourth-order valence-corrected chi connectivity index (χ4v) is 7.66. The monoisotopic (exact) mass is 615 g/mol. The summed E-state index contributed by atoms with van der Waals surface area (Å²) < 4.78 is 63.8. The number of aliphatic hydroxyl groups is 1. The average Bonchev–Trinajstić information content (AvgIpc) is 3.37. The van der Waals surface area contributed by atoms with Crippen molar-refractivity contribution in [3.8, 4) is 16.9 Å². The van der Waals surface area contributed by atoms with E-state index in [2.05, 4.69) is 10.3 Å². The van der Waals surface area contributed by atoms with Gasteiger partial charge in [-0.05, 0) is 79.8 Å². The van der Waals surface area contributed by atoms with E-state index in [0.717, 1.165) is 29.5 Å². The van der Waals surface area contributed by atoms with Crippen LogP contribution >= 0.6 is 0 Å². The first-order valence-electron chi connectivity index (χ1n) is 14.0. The van der Waals surface area contributed by atoms with Crippen molar-refractivity contribution in [2.45, 2.75) is 53.7 Å². The minimum Gasteiger partial charge on any atom is -0.491 e. The van der Waals surface area contributed by atoms with Gasteiger partial charge in [-0.2, -0.15) is 4.31 Å². The van der Waals surface area contributed by atoms with Gasteiger partial charge in [-0.15, -0.1) is 0 Å². The second-order valence-electron chi connectivity index (χ2n) is 11.1. The summed E-state index contributed by atoms with van der Waals surface area (Å²) in [6.45, 7) is 3.41. The summed E-state index contributed by atoms with van der Waals surface area (Å²) >= 11 is 0. The van der Waals surface area contributed by atoms with Gasteiger partial charge in [0.1, 0.15) is 18.5 Å². The number of hydrogen-bond acceptors (Lipinski definition) is 9. The molecular formula is C30H37N3O7S2. The number of hydrogen-bond donors (Lipinski definition) is 2. The molecule has 5 rings (SSSR count). The first-order chi connectivity index (χ1) is 19.9. The third kappa shape index (κ3) is 7.19. The summed E-state index contributed by atoms with van der Waals surface area (Å²) in [5.74, 6) is 0.376. The van der Waals surface area contributed by atoms with Gasteiger partial charge in [0.2, 0.25) is 10.0 Å². The normalized spacial score (nSPS) is 20.0. The number of benzene rings is 2. The van der Waals surface area contributed by atoms with Gasteiger partial charge in [0.05, 0.1) is 22.0 Å². The Morgan fingerprint density at radius 2 is 1.76 bits per heavy atom. The third-order valence-corrected chi connectivity index (χ3v) is 10.9. The van der Waals surface area contributed by atoms with Gasteiger partial charge >= 0.3 is 0 Å². The SMILES string of the molecule is Cc1cc(-c2cccc(S(=O)(=O)N3CCC4(CC3)CC(NC[C@H](O)COc3cccc(S(C)(=O)=O)c3)CO4)c2)ccn1. The van der Waals surface area contributed by atoms with Crippen LogP contribution in [0.1, 0.15) is 25.0 Å². The van der Waals surface area contributed by atoms with E-state index >= 15 is 0 Å². The number of sulfone groups is 1. The zero-order chi connectivity index (χ0) is 30.0. The molecule has 3 aromatic rings. The molecule has 2 aliphatic heterocycles. The lowest BCUT2D eigenvalue weighted by Gasteiger charge is -2.38. The van der Waals surface area contributed by atoms with E-state index < -0.39 is 31.6 Å². The molecule has 12 heteroatoms. The fraction of sp³-hybridized carbons (Fsp3) is 0.433. The van der Waals surface area contributed by atoms with Crippen molar-refractivity contribution in [2.75, 3.05) is 39.1 Å². The number of nitrogens with zero attached hydrogens (tertiary/aromatic N) is 2. The lowest BCUT2D eigenvalue weighted by Crippen LogP contribution is -2.47. The standard InChI is InChI=1S/C30H37N3O7S2/c1-22-15-24(9-12-31-22)23-5-3-8-29(16-23)42(37,38)33-13-10-30(11-14-33)18-25(20-40-30)32-19-26(34)21-39-27-6-4-7-28(17-27)41(2,35)36/h3-9,12,15-17,25-26,32,34H,10-11,13-14,18-21H2,1-2H3/t25?,26-/m0/s1. The van der Waals surface area contributed by atoms with Crippen molar-refractivity contribution in [3.05, 3.63) is 72.6 Å². The number of aromatic nitrogens is 1. The molecule has 1 aromatic heterocycles. The van der Waals surface area contributed by atoms with Gasteiger partial charge in [-0.3, -0.25) is 4.98 Å². The van der Waals surface area contributed by atoms with Crippen LogP contribution in [-0.2, 0) is 24.6 Å². The molecule has 1 spiro atoms. The van der Waals surface area contributed by atoms with Crippen LogP contribution in [0, 0.1) is 6.92 Å². The van der Waals surface area contributed by atoms with E-state index in [1.54, 1.807) is 40.8 Å². The zero-order valence-electron chi connectivity index (χ0n) is 23.8. The zero-order valence-corrected chi connectivity index (χ0v) is 25.4. The van der Waals surface area contributed by atoms with Gasteiger partial charge in [0.15, 0.2) is 9.84 Å². The Hall–Kier alpha value is -2.87. The molecule has 2 N–H and O–H groups in total. The number of ether oxygens (including phenoxy) is 2. The maximum atomic E-state index is 13.5. The van der Waals surface area contributed by atoms with Gasteiger partial charge in [-0.25, -0.2) is 16.8 Å². The first-order valence-corrected chi connectivity index (χ1v) is 17.3. The summed E-state index contributed by atoms with van der Waals surface area (Å²) in [4.78, 5) is 4.66. The van der Waals surface area contributed by atoms with Gasteiger partial charge < -0.3 is 19.9 Å². The van der Waals surface area contributed by atoms with E-state index in [9.17, 15) is 21.9 Å². The summed E-state index contributed by atoms with van der Waals surface area (Å²) in [5, 5.41) is 13.7. The van der Waals surface area contributed by atoms with Gasteiger partial charge in [-0.1, -0.05) is 18.2 Å². The smallest absolute Gasteiger partial charge is 0.243 e. The Balaban J connectivity index is 1.11. The van der Waals surface area contributed by atoms with E-state index in [1.165, 1.54) is 12.1 Å². The number of aryl methyl sites for hydroxylation is 1. The molecular weight excluding hydrogens is 578 g/mol. The minimum absolute atomic E-state index is 0.00766. The lowest BCUT2D eigenvalue weighted by molar-refractivity contribution is -0.0312. The predicted molar refractivity (Wildman–Crippen MR) is 159 cm³/mol. The molecule has 1 unspecified atom stereocenters. The highest BCUT2D eigenvalue weighted by Crippen LogP contribution is 2.37. The largest absolute Gasteiger partial charge is 0.491 e. The van der Waals surface area contributed by atoms with E-state index in [0.29, 0.717) is 38.3 Å². The molecule has 2 aliphatic rings. The molecule has 0 amide bonds. The number of nitrogens with one attached hydrogen (secondary N) is 1. The molecule has 2 atom stereocenters. The average molecular weight is 616 g/mol. The molecule has 0 aliphatic carbocycles. The Labute approximate surface area is 247 Å². The summed E-state index contributed by atoms with van der Waals surface area (Å²) in [7, 11) is -7.00. The maximum absolute atomic E-state index is 13.5. The lowest BCUT2D eigenvalue weighted by atomic mass is 9.88. The minimum atomic E-state index is -3.66. The molecule has 2 fully saturated rings. The van der Waals surface area contributed by atoms with Crippen LogP contribution < -0.4 is 10.1 Å². The van der Waals surface area contributed by atoms with Crippen molar-refractivity contribution >= 4 is 19.9 Å². The highest BCUT2D eigenvalue weighted by Gasteiger charge is 2.44. The molecule has 0 radical (unpaired) electrons. The van der Waals surface area contributed by atoms with Gasteiger partial charge in [0, 0.05) is 43.8 Å². The number of piperidine rings is 1. The van der Waals surface area contributed by atoms with Crippen LogP contribution in [0.2, 0.25) is 0 Å². The van der Waals surface area contributed by atoms with Crippen molar-refractivity contribution < 1.29 is 31.4 Å². The molecule has 42 heavy (non-hydrogen) atoms. The molecule has 0 saturated carbocycles. The van der Waals surface area contributed by atoms with Crippen LogP contribution in [0.3, 0.4) is 0 Å². The maximum Gasteiger partial charge on any atom is 0.243 e. The molecule has 226 valence electrons. The second-order valence-corrected chi connectivity index (χ2v) is 15.1. The fourth-order valence-electron chi connectivity index (χ4n) is 5.52. The van der Waals surface area contributed by atoms with Crippen molar-refractivity contribution in [1.29, 1.82) is 0 Å². The Bertz CT molecular complexity index is 1620. The molecule has 3 heterocycles. The number of pyridine rings is 1. The van der Waals surface area contributed by atoms with Gasteiger partial charge in [0.25, 0.3) is 0 Å². The van der Waals surface area contributed by atoms with E-state index in [1.807, 2.05) is 25.1 Å². The van der Waals surface area contributed by atoms with Crippen molar-refractivity contribution in [1.82, 2.24) is 14.6 Å². The van der Waals surface area contributed by atoms with Crippen LogP contribution in [-0.4, -0.2) is 88.1 Å². The summed E-state index contributed by atoms with van der Waals surface area (Å²) in [6.07, 6.45) is 3.96. The molecule has 2 saturated heterocycles. The molecule has 0 bridgehead atoms. The van der Waals surface area contributed by atoms with Crippen LogP contribution in [0.5, 0.6) is 5.75 Å². The number of sulfonamides is 1. The first kappa shape index (κ1) is 30.6. The quantitative estimate of drug-likeness (QED) is 0.353. The molecule has 10 nitrogen and oxygen atoms in total. The van der Waals surface area contributed by atoms with Crippen molar-refractivity contribution in [2.24, 2.45) is 0 Å². The number of rotatable bonds is 10. The third-order valence-electron chi connectivity index (χ3n) is 7.86. The highest BCUT2D eigenvalue weighted by molar-refractivity contribution is 7.90. The summed E-state index contributed by atoms with van der Waals surface area (Å²) in [5.41, 5.74) is 2.23. The highest BCUT2D eigenvalue weighted by atomic mass is 32.2. The Morgan fingerprint density at radius 3 is 2.50 bits per heavy atom. The Morgan fingerprint density at radius 1 is 1.05 bits per heavy atom. The van der Waals surface area contributed by atoms with E-state index in [4.69, 9.17) is 9.47 Å². The second kappa shape index (κ2) is 12.4. The van der Waals surface area contributed by atoms with Crippen LogP contribution in [0.25, 0.3) is 11.1 Å². The molecule has 2 aromatic carbocycles. The topological polar surface area (TPSA) is 135 Å². The summed E-state index contributed by atoms with van der Waals surface area (Å²) in [6, 6.07) is 17.0. The Kier molecular flexibility index (Phi) is 9.02. The van der Waals surface area contributed by atoms with Crippen LogP contribution in [0.4, 0.5) is 0 Å². The van der Waals surface area contributed by atoms with Crippen LogP contribution in [0.15, 0.2) is 76.7 Å². The number of aliphatic hydroxyl groups excluding tert-OH is 1. The predicted octanol–water partition coefficient (Wildman–Crippen LogP) is 2.80. The van der Waals surface area contributed by atoms with Crippen molar-refractivity contribution in [3.63, 3.8) is 0 Å².